The van der Waals surface area contributed by atoms with Gasteiger partial charge in [-0.25, -0.2) is 4.79 Å². The first-order valence-corrected chi connectivity index (χ1v) is 4.58. The van der Waals surface area contributed by atoms with Crippen molar-refractivity contribution in [2.75, 3.05) is 13.2 Å². The van der Waals surface area contributed by atoms with Gasteiger partial charge < -0.3 is 9.47 Å². The van der Waals surface area contributed by atoms with E-state index in [2.05, 4.69) is 6.58 Å². The number of esters is 2. The molecule has 4 heteroatoms. The molecule has 1 unspecified atom stereocenters. The Morgan fingerprint density at radius 2 is 2.43 bits per heavy atom. The third-order valence-corrected chi connectivity index (χ3v) is 2.04. The van der Waals surface area contributed by atoms with E-state index in [1.807, 2.05) is 0 Å². The Labute approximate surface area is 82.9 Å². The van der Waals surface area contributed by atoms with Crippen LogP contribution in [0.2, 0.25) is 0 Å². The van der Waals surface area contributed by atoms with Gasteiger partial charge in [-0.05, 0) is 13.3 Å². The highest BCUT2D eigenvalue weighted by Crippen LogP contribution is 2.16. The predicted octanol–water partition coefficient (Wildman–Crippen LogP) is 1.06. The molecule has 0 N–H and O–H groups in total. The second-order valence-corrected chi connectivity index (χ2v) is 3.46. The van der Waals surface area contributed by atoms with Gasteiger partial charge >= 0.3 is 11.9 Å². The van der Waals surface area contributed by atoms with E-state index in [1.165, 1.54) is 0 Å². The van der Waals surface area contributed by atoms with Gasteiger partial charge in [0.1, 0.15) is 0 Å². The molecule has 4 nitrogen and oxygen atoms in total. The molecule has 0 saturated carbocycles. The largest absolute Gasteiger partial charge is 0.466 e. The van der Waals surface area contributed by atoms with Gasteiger partial charge in [-0.3, -0.25) is 4.79 Å². The Hall–Kier alpha value is -1.32. The number of hydrogen-bond acceptors (Lipinski definition) is 4. The molecule has 0 aromatic rings. The molecule has 1 heterocycles. The van der Waals surface area contributed by atoms with Crippen LogP contribution in [0.5, 0.6) is 0 Å². The van der Waals surface area contributed by atoms with Gasteiger partial charge in [0, 0.05) is 11.5 Å². The Balaban J connectivity index is 2.27. The minimum Gasteiger partial charge on any atom is -0.466 e. The van der Waals surface area contributed by atoms with Crippen molar-refractivity contribution in [2.45, 2.75) is 19.8 Å². The second-order valence-electron chi connectivity index (χ2n) is 3.46. The molecule has 0 bridgehead atoms. The lowest BCUT2D eigenvalue weighted by Crippen LogP contribution is -2.25. The number of carbonyl (C=O) groups is 2. The van der Waals surface area contributed by atoms with E-state index in [0.717, 1.165) is 6.42 Å². The van der Waals surface area contributed by atoms with Crippen LogP contribution in [0.3, 0.4) is 0 Å². The first-order valence-electron chi connectivity index (χ1n) is 4.58. The molecule has 14 heavy (non-hydrogen) atoms. The topological polar surface area (TPSA) is 52.6 Å². The monoisotopic (exact) mass is 198 g/mol. The van der Waals surface area contributed by atoms with Crippen LogP contribution in [0.15, 0.2) is 12.2 Å². The number of rotatable bonds is 3. The summed E-state index contributed by atoms with van der Waals surface area (Å²) in [6.07, 6.45) is 1.10. The number of ether oxygens (including phenoxy) is 2. The fourth-order valence-corrected chi connectivity index (χ4v) is 1.20. The summed E-state index contributed by atoms with van der Waals surface area (Å²) < 4.78 is 9.71. The summed E-state index contributed by atoms with van der Waals surface area (Å²) in [5.41, 5.74) is 0.378. The van der Waals surface area contributed by atoms with Crippen LogP contribution in [0.25, 0.3) is 0 Å². The van der Waals surface area contributed by atoms with Gasteiger partial charge in [0.2, 0.25) is 0 Å². The Kier molecular flexibility index (Phi) is 3.68. The van der Waals surface area contributed by atoms with Crippen LogP contribution in [0.1, 0.15) is 19.8 Å². The Morgan fingerprint density at radius 3 is 3.00 bits per heavy atom. The zero-order chi connectivity index (χ0) is 10.6. The van der Waals surface area contributed by atoms with Crippen molar-refractivity contribution in [3.8, 4) is 0 Å². The van der Waals surface area contributed by atoms with Gasteiger partial charge in [-0.1, -0.05) is 6.58 Å². The summed E-state index contributed by atoms with van der Waals surface area (Å²) in [5, 5.41) is 0. The number of cyclic esters (lactones) is 1. The molecular weight excluding hydrogens is 184 g/mol. The van der Waals surface area contributed by atoms with E-state index >= 15 is 0 Å². The third-order valence-electron chi connectivity index (χ3n) is 2.04. The second kappa shape index (κ2) is 4.79. The summed E-state index contributed by atoms with van der Waals surface area (Å²) >= 11 is 0. The molecule has 1 rings (SSSR count). The quantitative estimate of drug-likeness (QED) is 0.502. The SMILES string of the molecule is C=C(C)C(=O)OCC1CCOC(=O)C1. The van der Waals surface area contributed by atoms with Crippen LogP contribution >= 0.6 is 0 Å². The predicted molar refractivity (Wildman–Crippen MR) is 49.5 cm³/mol. The van der Waals surface area contributed by atoms with Gasteiger partial charge in [0.05, 0.1) is 19.6 Å². The summed E-state index contributed by atoms with van der Waals surface area (Å²) in [5.74, 6) is -0.517. The van der Waals surface area contributed by atoms with Crippen LogP contribution in [0, 0.1) is 5.92 Å². The lowest BCUT2D eigenvalue weighted by atomic mass is 10.0. The highest BCUT2D eigenvalue weighted by Gasteiger charge is 2.21. The molecular formula is C10H14O4. The molecule has 0 aromatic carbocycles. The molecule has 0 radical (unpaired) electrons. The van der Waals surface area contributed by atoms with Crippen molar-refractivity contribution in [1.29, 1.82) is 0 Å². The molecule has 0 aliphatic carbocycles. The smallest absolute Gasteiger partial charge is 0.333 e. The van der Waals surface area contributed by atoms with Crippen LogP contribution in [-0.4, -0.2) is 25.2 Å². The van der Waals surface area contributed by atoms with Gasteiger partial charge in [-0.15, -0.1) is 0 Å². The van der Waals surface area contributed by atoms with Gasteiger partial charge in [0.15, 0.2) is 0 Å². The molecule has 0 spiro atoms. The zero-order valence-corrected chi connectivity index (χ0v) is 8.25. The van der Waals surface area contributed by atoms with Crippen molar-refractivity contribution in [1.82, 2.24) is 0 Å². The van der Waals surface area contributed by atoms with E-state index in [0.29, 0.717) is 18.6 Å². The molecule has 78 valence electrons. The summed E-state index contributed by atoms with van der Waals surface area (Å²) in [6.45, 7) is 5.77. The normalized spacial score (nSPS) is 21.2. The highest BCUT2D eigenvalue weighted by atomic mass is 16.5. The number of hydrogen-bond donors (Lipinski definition) is 0. The van der Waals surface area contributed by atoms with Gasteiger partial charge in [-0.2, -0.15) is 0 Å². The van der Waals surface area contributed by atoms with Crippen molar-refractivity contribution < 1.29 is 19.1 Å². The lowest BCUT2D eigenvalue weighted by molar-refractivity contribution is -0.153. The van der Waals surface area contributed by atoms with Crippen LogP contribution < -0.4 is 0 Å². The minimum atomic E-state index is -0.399. The first-order chi connectivity index (χ1) is 6.59. The van der Waals surface area contributed by atoms with Crippen molar-refractivity contribution in [2.24, 2.45) is 5.92 Å². The maximum absolute atomic E-state index is 11.0. The molecule has 1 aliphatic heterocycles. The van der Waals surface area contributed by atoms with E-state index in [-0.39, 0.29) is 18.5 Å². The minimum absolute atomic E-state index is 0.0968. The van der Waals surface area contributed by atoms with Crippen molar-refractivity contribution in [3.05, 3.63) is 12.2 Å². The van der Waals surface area contributed by atoms with E-state index < -0.39 is 5.97 Å². The van der Waals surface area contributed by atoms with Crippen LogP contribution in [0.4, 0.5) is 0 Å². The highest BCUT2D eigenvalue weighted by molar-refractivity contribution is 5.86. The van der Waals surface area contributed by atoms with E-state index in [4.69, 9.17) is 9.47 Å². The zero-order valence-electron chi connectivity index (χ0n) is 8.25. The molecule has 1 saturated heterocycles. The fourth-order valence-electron chi connectivity index (χ4n) is 1.20. The average Bonchev–Trinajstić information content (AvgIpc) is 2.14. The molecule has 1 aliphatic rings. The maximum atomic E-state index is 11.0. The summed E-state index contributed by atoms with van der Waals surface area (Å²) in [6, 6.07) is 0. The summed E-state index contributed by atoms with van der Waals surface area (Å²) in [7, 11) is 0. The van der Waals surface area contributed by atoms with E-state index in [9.17, 15) is 9.59 Å². The third kappa shape index (κ3) is 3.20. The fraction of sp³-hybridized carbons (Fsp3) is 0.600. The summed E-state index contributed by atoms with van der Waals surface area (Å²) in [4.78, 5) is 21.9. The molecule has 1 atom stereocenters. The first kappa shape index (κ1) is 10.8. The standard InChI is InChI=1S/C10H14O4/c1-7(2)10(12)14-6-8-3-4-13-9(11)5-8/h8H,1,3-6H2,2H3. The Morgan fingerprint density at radius 1 is 1.71 bits per heavy atom. The lowest BCUT2D eigenvalue weighted by Gasteiger charge is -2.20. The van der Waals surface area contributed by atoms with E-state index in [1.54, 1.807) is 6.92 Å². The van der Waals surface area contributed by atoms with Crippen molar-refractivity contribution in [3.63, 3.8) is 0 Å². The molecule has 0 amide bonds. The average molecular weight is 198 g/mol. The van der Waals surface area contributed by atoms with Crippen molar-refractivity contribution >= 4 is 11.9 Å². The van der Waals surface area contributed by atoms with Crippen LogP contribution in [-0.2, 0) is 19.1 Å². The molecule has 1 fully saturated rings. The number of carbonyl (C=O) groups excluding carboxylic acids is 2. The Bertz CT molecular complexity index is 257. The van der Waals surface area contributed by atoms with Gasteiger partial charge in [0.25, 0.3) is 0 Å². The molecule has 0 aromatic heterocycles. The maximum Gasteiger partial charge on any atom is 0.333 e.